The number of hydrogen-bond donors (Lipinski definition) is 2. The Labute approximate surface area is 110 Å². The van der Waals surface area contributed by atoms with Crippen molar-refractivity contribution in [3.8, 4) is 0 Å². The molecule has 5 nitrogen and oxygen atoms in total. The van der Waals surface area contributed by atoms with E-state index in [1.165, 1.54) is 0 Å². The molecule has 1 aromatic rings. The van der Waals surface area contributed by atoms with Crippen LogP contribution in [0.25, 0.3) is 0 Å². The number of halogens is 1. The van der Waals surface area contributed by atoms with Crippen molar-refractivity contribution in [3.63, 3.8) is 0 Å². The molecule has 1 atom stereocenters. The summed E-state index contributed by atoms with van der Waals surface area (Å²) < 4.78 is 26.4. The summed E-state index contributed by atoms with van der Waals surface area (Å²) in [6, 6.07) is 0. The highest BCUT2D eigenvalue weighted by molar-refractivity contribution is 7.91. The van der Waals surface area contributed by atoms with Crippen molar-refractivity contribution >= 4 is 33.0 Å². The van der Waals surface area contributed by atoms with Crippen LogP contribution >= 0.6 is 22.9 Å². The first-order valence-corrected chi connectivity index (χ1v) is 7.85. The summed E-state index contributed by atoms with van der Waals surface area (Å²) in [7, 11) is -3.62. The van der Waals surface area contributed by atoms with Crippen molar-refractivity contribution in [2.75, 3.05) is 6.54 Å². The summed E-state index contributed by atoms with van der Waals surface area (Å²) in [5.74, 6) is 0. The van der Waals surface area contributed by atoms with Gasteiger partial charge in [-0.05, 0) is 13.3 Å². The Morgan fingerprint density at radius 2 is 2.24 bits per heavy atom. The predicted molar refractivity (Wildman–Crippen MR) is 68.0 cm³/mol. The zero-order valence-corrected chi connectivity index (χ0v) is 12.0. The van der Waals surface area contributed by atoms with Gasteiger partial charge in [-0.1, -0.05) is 36.3 Å². The normalized spacial score (nSPS) is 13.9. The van der Waals surface area contributed by atoms with E-state index in [0.29, 0.717) is 12.1 Å². The predicted octanol–water partition coefficient (Wildman–Crippen LogP) is 1.54. The lowest BCUT2D eigenvalue weighted by atomic mass is 10.2. The maximum Gasteiger partial charge on any atom is 0.252 e. The van der Waals surface area contributed by atoms with Crippen molar-refractivity contribution in [2.45, 2.75) is 37.0 Å². The van der Waals surface area contributed by atoms with Crippen molar-refractivity contribution in [1.29, 1.82) is 0 Å². The summed E-state index contributed by atoms with van der Waals surface area (Å²) in [5, 5.41) is 9.47. The minimum Gasteiger partial charge on any atom is -0.392 e. The summed E-state index contributed by atoms with van der Waals surface area (Å²) in [6.45, 7) is 3.51. The first-order chi connectivity index (χ1) is 7.86. The molecule has 1 rings (SSSR count). The third-order valence-corrected chi connectivity index (χ3v) is 5.40. The zero-order chi connectivity index (χ0) is 13.1. The number of thiazole rings is 1. The first-order valence-electron chi connectivity index (χ1n) is 5.17. The van der Waals surface area contributed by atoms with Gasteiger partial charge in [0.2, 0.25) is 0 Å². The Bertz CT molecular complexity index is 473. The first kappa shape index (κ1) is 14.8. The third-order valence-electron chi connectivity index (χ3n) is 2.10. The molecule has 0 aliphatic heterocycles. The second-order valence-electron chi connectivity index (χ2n) is 3.63. The third kappa shape index (κ3) is 4.18. The van der Waals surface area contributed by atoms with Gasteiger partial charge in [-0.2, -0.15) is 0 Å². The van der Waals surface area contributed by atoms with Crippen LogP contribution in [0.3, 0.4) is 0 Å². The van der Waals surface area contributed by atoms with E-state index in [1.807, 2.05) is 6.92 Å². The number of aromatic nitrogens is 1. The lowest BCUT2D eigenvalue weighted by molar-refractivity contribution is 0.167. The molecule has 0 radical (unpaired) electrons. The van der Waals surface area contributed by atoms with Crippen LogP contribution in [0.4, 0.5) is 0 Å². The molecule has 0 saturated heterocycles. The molecule has 17 heavy (non-hydrogen) atoms. The van der Waals surface area contributed by atoms with Crippen LogP contribution in [0.1, 0.15) is 25.5 Å². The molecule has 0 bridgehead atoms. The van der Waals surface area contributed by atoms with Crippen molar-refractivity contribution in [2.24, 2.45) is 0 Å². The molecule has 0 aromatic carbocycles. The van der Waals surface area contributed by atoms with Gasteiger partial charge in [-0.3, -0.25) is 0 Å². The van der Waals surface area contributed by atoms with E-state index in [0.717, 1.165) is 17.8 Å². The summed E-state index contributed by atoms with van der Waals surface area (Å²) in [5.41, 5.74) is 0.373. The molecular weight excluding hydrogens is 284 g/mol. The van der Waals surface area contributed by atoms with Gasteiger partial charge in [0.05, 0.1) is 11.8 Å². The molecule has 0 fully saturated rings. The van der Waals surface area contributed by atoms with Crippen LogP contribution in [0.15, 0.2) is 4.21 Å². The number of rotatable bonds is 6. The number of aliphatic hydroxyl groups excluding tert-OH is 1. The molecule has 98 valence electrons. The van der Waals surface area contributed by atoms with Crippen LogP contribution in [-0.4, -0.2) is 31.2 Å². The van der Waals surface area contributed by atoms with Gasteiger partial charge in [0.1, 0.15) is 0 Å². The lowest BCUT2D eigenvalue weighted by Gasteiger charge is -2.10. The Morgan fingerprint density at radius 3 is 2.71 bits per heavy atom. The standard InChI is InChI=1S/C9H15ClN2O3S2/c1-3-4-7(13)5-11-17(14,15)8-6(2)12-9(10)16-8/h7,11,13H,3-5H2,1-2H3. The number of aryl methyl sites for hydroxylation is 1. The van der Waals surface area contributed by atoms with Crippen LogP contribution in [0.5, 0.6) is 0 Å². The molecule has 0 aliphatic rings. The molecule has 0 aliphatic carbocycles. The number of sulfonamides is 1. The van der Waals surface area contributed by atoms with Crippen molar-refractivity contribution in [1.82, 2.24) is 9.71 Å². The number of nitrogens with one attached hydrogen (secondary N) is 1. The van der Waals surface area contributed by atoms with Gasteiger partial charge in [0.15, 0.2) is 8.68 Å². The lowest BCUT2D eigenvalue weighted by Crippen LogP contribution is -2.32. The monoisotopic (exact) mass is 298 g/mol. The molecule has 1 aromatic heterocycles. The van der Waals surface area contributed by atoms with E-state index in [-0.39, 0.29) is 15.2 Å². The molecular formula is C9H15ClN2O3S2. The van der Waals surface area contributed by atoms with Crippen molar-refractivity contribution < 1.29 is 13.5 Å². The van der Waals surface area contributed by atoms with E-state index in [1.54, 1.807) is 6.92 Å². The molecule has 0 spiro atoms. The highest BCUT2D eigenvalue weighted by atomic mass is 35.5. The Kier molecular flexibility index (Phi) is 5.33. The molecule has 0 saturated carbocycles. The average Bonchev–Trinajstić information content (AvgIpc) is 2.56. The minimum atomic E-state index is -3.62. The van der Waals surface area contributed by atoms with Gasteiger partial charge >= 0.3 is 0 Å². The molecule has 1 heterocycles. The number of aliphatic hydroxyl groups is 1. The van der Waals surface area contributed by atoms with E-state index in [4.69, 9.17) is 11.6 Å². The Hall–Kier alpha value is -0.210. The van der Waals surface area contributed by atoms with Crippen molar-refractivity contribution in [3.05, 3.63) is 10.2 Å². The average molecular weight is 299 g/mol. The number of hydrogen-bond acceptors (Lipinski definition) is 5. The zero-order valence-electron chi connectivity index (χ0n) is 9.60. The van der Waals surface area contributed by atoms with Gasteiger partial charge in [-0.25, -0.2) is 18.1 Å². The summed E-state index contributed by atoms with van der Waals surface area (Å²) >= 11 is 6.56. The molecule has 1 unspecified atom stereocenters. The summed E-state index contributed by atoms with van der Waals surface area (Å²) in [4.78, 5) is 3.84. The maximum absolute atomic E-state index is 11.9. The van der Waals surface area contributed by atoms with Gasteiger partial charge < -0.3 is 5.11 Å². The quantitative estimate of drug-likeness (QED) is 0.835. The van der Waals surface area contributed by atoms with Gasteiger partial charge in [-0.15, -0.1) is 0 Å². The SMILES string of the molecule is CCCC(O)CNS(=O)(=O)c1sc(Cl)nc1C. The fraction of sp³-hybridized carbons (Fsp3) is 0.667. The smallest absolute Gasteiger partial charge is 0.252 e. The summed E-state index contributed by atoms with van der Waals surface area (Å²) in [6.07, 6.45) is 0.692. The molecule has 2 N–H and O–H groups in total. The maximum atomic E-state index is 11.9. The highest BCUT2D eigenvalue weighted by Gasteiger charge is 2.21. The van der Waals surface area contributed by atoms with Crippen LogP contribution in [0.2, 0.25) is 4.47 Å². The second kappa shape index (κ2) is 6.10. The largest absolute Gasteiger partial charge is 0.392 e. The number of nitrogens with zero attached hydrogens (tertiary/aromatic N) is 1. The fourth-order valence-corrected chi connectivity index (χ4v) is 4.16. The van der Waals surface area contributed by atoms with Crippen LogP contribution in [0, 0.1) is 6.92 Å². The van der Waals surface area contributed by atoms with E-state index in [2.05, 4.69) is 9.71 Å². The van der Waals surface area contributed by atoms with Crippen LogP contribution in [-0.2, 0) is 10.0 Å². The fourth-order valence-electron chi connectivity index (χ4n) is 1.31. The molecule has 0 amide bonds. The Balaban J connectivity index is 2.73. The molecule has 8 heteroatoms. The van der Waals surface area contributed by atoms with E-state index < -0.39 is 16.1 Å². The Morgan fingerprint density at radius 1 is 1.59 bits per heavy atom. The van der Waals surface area contributed by atoms with Gasteiger partial charge in [0.25, 0.3) is 10.0 Å². The van der Waals surface area contributed by atoms with E-state index in [9.17, 15) is 13.5 Å². The minimum absolute atomic E-state index is 0.00509. The van der Waals surface area contributed by atoms with Gasteiger partial charge in [0, 0.05) is 6.54 Å². The second-order valence-corrected chi connectivity index (χ2v) is 7.18. The van der Waals surface area contributed by atoms with Crippen LogP contribution < -0.4 is 4.72 Å². The highest BCUT2D eigenvalue weighted by Crippen LogP contribution is 2.26. The van der Waals surface area contributed by atoms with E-state index >= 15 is 0 Å². The topological polar surface area (TPSA) is 79.3 Å².